The summed E-state index contributed by atoms with van der Waals surface area (Å²) in [6.45, 7) is 1.16. The number of benzene rings is 2. The first-order valence-electron chi connectivity index (χ1n) is 7.62. The van der Waals surface area contributed by atoms with Gasteiger partial charge in [0.1, 0.15) is 0 Å². The lowest BCUT2D eigenvalue weighted by atomic mass is 9.89. The normalized spacial score (nSPS) is 28.9. The minimum atomic E-state index is 0.915. The Kier molecular flexibility index (Phi) is 2.72. The van der Waals surface area contributed by atoms with Crippen molar-refractivity contribution in [3.8, 4) is 0 Å². The van der Waals surface area contributed by atoms with Gasteiger partial charge in [-0.15, -0.1) is 0 Å². The first kappa shape index (κ1) is 11.3. The topological polar surface area (TPSA) is 12.0 Å². The van der Waals surface area contributed by atoms with E-state index in [1.165, 1.54) is 42.1 Å². The summed E-state index contributed by atoms with van der Waals surface area (Å²) in [5.41, 5.74) is 1.31. The molecule has 0 heterocycles. The SMILES string of the molecule is c1ccc2c(NCC3CC4CCC3C4)cccc2c1. The standard InChI is InChI=1S/C18H21N/c1-2-6-17-14(4-1)5-3-7-18(17)19-12-16-11-13-8-9-15(16)10-13/h1-7,13,15-16,19H,8-12H2. The predicted molar refractivity (Wildman–Crippen MR) is 81.4 cm³/mol. The molecule has 2 aromatic carbocycles. The van der Waals surface area contributed by atoms with Crippen LogP contribution in [0.4, 0.5) is 5.69 Å². The van der Waals surface area contributed by atoms with E-state index in [2.05, 4.69) is 47.8 Å². The lowest BCUT2D eigenvalue weighted by Crippen LogP contribution is -2.20. The highest BCUT2D eigenvalue weighted by molar-refractivity contribution is 5.93. The maximum Gasteiger partial charge on any atom is 0.0419 e. The Morgan fingerprint density at radius 3 is 2.68 bits per heavy atom. The van der Waals surface area contributed by atoms with Crippen LogP contribution < -0.4 is 5.32 Å². The Balaban J connectivity index is 1.52. The molecule has 3 unspecified atom stereocenters. The third-order valence-corrected chi connectivity index (χ3v) is 5.23. The molecule has 19 heavy (non-hydrogen) atoms. The average molecular weight is 251 g/mol. The Bertz CT molecular complexity index is 584. The summed E-state index contributed by atoms with van der Waals surface area (Å²) >= 11 is 0. The van der Waals surface area contributed by atoms with Gasteiger partial charge < -0.3 is 5.32 Å². The molecule has 0 saturated heterocycles. The van der Waals surface area contributed by atoms with Gasteiger partial charge in [-0.2, -0.15) is 0 Å². The second-order valence-electron chi connectivity index (χ2n) is 6.34. The molecule has 1 heteroatoms. The number of nitrogens with one attached hydrogen (secondary N) is 1. The monoisotopic (exact) mass is 251 g/mol. The first-order chi connectivity index (χ1) is 9.40. The molecular formula is C18H21N. The van der Waals surface area contributed by atoms with Gasteiger partial charge in [0.25, 0.3) is 0 Å². The number of rotatable bonds is 3. The third-order valence-electron chi connectivity index (χ3n) is 5.23. The lowest BCUT2D eigenvalue weighted by Gasteiger charge is -2.22. The summed E-state index contributed by atoms with van der Waals surface area (Å²) < 4.78 is 0. The van der Waals surface area contributed by atoms with Crippen molar-refractivity contribution < 1.29 is 0 Å². The smallest absolute Gasteiger partial charge is 0.0419 e. The molecule has 2 aliphatic rings. The Labute approximate surface area is 115 Å². The molecule has 2 fully saturated rings. The van der Waals surface area contributed by atoms with Crippen LogP contribution in [0.2, 0.25) is 0 Å². The molecule has 1 N–H and O–H groups in total. The summed E-state index contributed by atoms with van der Waals surface area (Å²) in [5.74, 6) is 2.97. The predicted octanol–water partition coefficient (Wildman–Crippen LogP) is 4.69. The number of anilines is 1. The second kappa shape index (κ2) is 4.56. The molecule has 3 atom stereocenters. The molecule has 0 aliphatic heterocycles. The number of hydrogen-bond acceptors (Lipinski definition) is 1. The fourth-order valence-electron chi connectivity index (χ4n) is 4.25. The summed E-state index contributed by atoms with van der Waals surface area (Å²) in [6, 6.07) is 15.2. The van der Waals surface area contributed by atoms with Crippen molar-refractivity contribution in [2.75, 3.05) is 11.9 Å². The van der Waals surface area contributed by atoms with Crippen molar-refractivity contribution in [1.29, 1.82) is 0 Å². The van der Waals surface area contributed by atoms with Crippen molar-refractivity contribution in [3.63, 3.8) is 0 Å². The average Bonchev–Trinajstić information content (AvgIpc) is 3.07. The quantitative estimate of drug-likeness (QED) is 0.834. The van der Waals surface area contributed by atoms with Gasteiger partial charge >= 0.3 is 0 Å². The highest BCUT2D eigenvalue weighted by Gasteiger charge is 2.38. The van der Waals surface area contributed by atoms with Crippen LogP contribution in [-0.4, -0.2) is 6.54 Å². The van der Waals surface area contributed by atoms with Gasteiger partial charge in [-0.05, 0) is 48.5 Å². The van der Waals surface area contributed by atoms with E-state index in [1.54, 1.807) is 0 Å². The molecule has 2 saturated carbocycles. The van der Waals surface area contributed by atoms with E-state index >= 15 is 0 Å². The molecular weight excluding hydrogens is 230 g/mol. The maximum absolute atomic E-state index is 3.71. The molecule has 98 valence electrons. The fraction of sp³-hybridized carbons (Fsp3) is 0.444. The van der Waals surface area contributed by atoms with E-state index in [1.807, 2.05) is 0 Å². The van der Waals surface area contributed by atoms with E-state index in [0.29, 0.717) is 0 Å². The largest absolute Gasteiger partial charge is 0.384 e. The molecule has 2 bridgehead atoms. The van der Waals surface area contributed by atoms with E-state index in [4.69, 9.17) is 0 Å². The lowest BCUT2D eigenvalue weighted by molar-refractivity contribution is 0.348. The zero-order chi connectivity index (χ0) is 12.7. The highest BCUT2D eigenvalue weighted by Crippen LogP contribution is 2.48. The molecule has 1 nitrogen and oxygen atoms in total. The van der Waals surface area contributed by atoms with Crippen LogP contribution in [0.25, 0.3) is 10.8 Å². The zero-order valence-corrected chi connectivity index (χ0v) is 11.3. The van der Waals surface area contributed by atoms with E-state index in [9.17, 15) is 0 Å². The zero-order valence-electron chi connectivity index (χ0n) is 11.3. The molecule has 2 aromatic rings. The first-order valence-corrected chi connectivity index (χ1v) is 7.62. The molecule has 0 amide bonds. The van der Waals surface area contributed by atoms with Crippen molar-refractivity contribution >= 4 is 16.5 Å². The summed E-state index contributed by atoms with van der Waals surface area (Å²) in [6.07, 6.45) is 5.94. The molecule has 4 rings (SSSR count). The van der Waals surface area contributed by atoms with Gasteiger partial charge in [-0.1, -0.05) is 42.8 Å². The minimum absolute atomic E-state index is 0.915. The van der Waals surface area contributed by atoms with Gasteiger partial charge in [0.05, 0.1) is 0 Å². The van der Waals surface area contributed by atoms with Crippen molar-refractivity contribution in [2.45, 2.75) is 25.7 Å². The minimum Gasteiger partial charge on any atom is -0.384 e. The Morgan fingerprint density at radius 2 is 1.84 bits per heavy atom. The van der Waals surface area contributed by atoms with Crippen LogP contribution in [0.3, 0.4) is 0 Å². The van der Waals surface area contributed by atoms with Crippen molar-refractivity contribution in [2.24, 2.45) is 17.8 Å². The van der Waals surface area contributed by atoms with E-state index in [0.717, 1.165) is 24.3 Å². The molecule has 0 aromatic heterocycles. The third kappa shape index (κ3) is 2.01. The molecule has 2 aliphatic carbocycles. The van der Waals surface area contributed by atoms with Gasteiger partial charge in [0, 0.05) is 17.6 Å². The van der Waals surface area contributed by atoms with Gasteiger partial charge in [0.15, 0.2) is 0 Å². The second-order valence-corrected chi connectivity index (χ2v) is 6.34. The van der Waals surface area contributed by atoms with Crippen LogP contribution in [0, 0.1) is 17.8 Å². The van der Waals surface area contributed by atoms with Gasteiger partial charge in [-0.25, -0.2) is 0 Å². The molecule has 0 radical (unpaired) electrons. The van der Waals surface area contributed by atoms with Crippen LogP contribution >= 0.6 is 0 Å². The van der Waals surface area contributed by atoms with E-state index in [-0.39, 0.29) is 0 Å². The fourth-order valence-corrected chi connectivity index (χ4v) is 4.25. The summed E-state index contributed by atoms with van der Waals surface area (Å²) in [4.78, 5) is 0. The molecule has 0 spiro atoms. The van der Waals surface area contributed by atoms with Crippen LogP contribution in [0.5, 0.6) is 0 Å². The maximum atomic E-state index is 3.71. The van der Waals surface area contributed by atoms with Crippen molar-refractivity contribution in [3.05, 3.63) is 42.5 Å². The van der Waals surface area contributed by atoms with Crippen molar-refractivity contribution in [1.82, 2.24) is 0 Å². The number of fused-ring (bicyclic) bond motifs is 3. The van der Waals surface area contributed by atoms with Crippen LogP contribution in [0.15, 0.2) is 42.5 Å². The summed E-state index contributed by atoms with van der Waals surface area (Å²) in [7, 11) is 0. The Hall–Kier alpha value is -1.50. The van der Waals surface area contributed by atoms with Gasteiger partial charge in [-0.3, -0.25) is 0 Å². The summed E-state index contributed by atoms with van der Waals surface area (Å²) in [5, 5.41) is 6.40. The van der Waals surface area contributed by atoms with E-state index < -0.39 is 0 Å². The van der Waals surface area contributed by atoms with Gasteiger partial charge in [0.2, 0.25) is 0 Å². The Morgan fingerprint density at radius 1 is 0.947 bits per heavy atom. The number of hydrogen-bond donors (Lipinski definition) is 1. The highest BCUT2D eigenvalue weighted by atomic mass is 14.9. The van der Waals surface area contributed by atoms with Crippen LogP contribution in [0.1, 0.15) is 25.7 Å². The van der Waals surface area contributed by atoms with Crippen LogP contribution in [-0.2, 0) is 0 Å².